The van der Waals surface area contributed by atoms with Gasteiger partial charge in [0.15, 0.2) is 0 Å². The third kappa shape index (κ3) is 5.73. The number of aliphatic carboxylic acids is 1. The Hall–Kier alpha value is -1.56. The molecule has 0 aromatic rings. The molecule has 0 heterocycles. The predicted molar refractivity (Wildman–Crippen MR) is 41.7 cm³/mol. The molecule has 0 fully saturated rings. The van der Waals surface area contributed by atoms with E-state index in [0.717, 1.165) is 0 Å². The van der Waals surface area contributed by atoms with Crippen LogP contribution in [0.4, 0.5) is 57.1 Å². The van der Waals surface area contributed by atoms with Crippen molar-refractivity contribution in [1.29, 1.82) is 0 Å². The van der Waals surface area contributed by atoms with Gasteiger partial charge in [0, 0.05) is 0 Å². The minimum atomic E-state index is -7.17. The normalized spacial score (nSPS) is 15.4. The van der Waals surface area contributed by atoms with Gasteiger partial charge in [0.2, 0.25) is 0 Å². The lowest BCUT2D eigenvalue weighted by Crippen LogP contribution is -2.57. The van der Waals surface area contributed by atoms with Crippen molar-refractivity contribution in [2.24, 2.45) is 0 Å². The maximum Gasteiger partial charge on any atom is 0.527 e. The van der Waals surface area contributed by atoms with E-state index in [-0.39, 0.29) is 0 Å². The molecule has 0 aliphatic carbocycles. The number of alkyl halides is 13. The lowest BCUT2D eigenvalue weighted by Gasteiger charge is -2.32. The number of carbonyl (C=O) groups is 1. The fourth-order valence-electron chi connectivity index (χ4n) is 0.749. The molecule has 150 valence electrons. The number of halogens is 13. The van der Waals surface area contributed by atoms with Crippen molar-refractivity contribution in [3.8, 4) is 0 Å². The second-order valence-corrected chi connectivity index (χ2v) is 3.64. The second-order valence-electron chi connectivity index (χ2n) is 3.64. The molecule has 18 heteroatoms. The van der Waals surface area contributed by atoms with E-state index in [4.69, 9.17) is 5.11 Å². The quantitative estimate of drug-likeness (QED) is 0.618. The molecular formula is C7HF13O5. The van der Waals surface area contributed by atoms with Crippen molar-refractivity contribution in [3.05, 3.63) is 0 Å². The van der Waals surface area contributed by atoms with Gasteiger partial charge in [-0.15, -0.1) is 13.2 Å². The molecule has 0 aliphatic heterocycles. The first-order chi connectivity index (χ1) is 10.6. The molecule has 0 spiro atoms. The number of carboxylic acids is 1. The van der Waals surface area contributed by atoms with E-state index in [1.54, 1.807) is 4.74 Å². The Morgan fingerprint density at radius 1 is 0.560 bits per heavy atom. The van der Waals surface area contributed by atoms with Gasteiger partial charge in [-0.25, -0.2) is 19.0 Å². The van der Waals surface area contributed by atoms with Crippen molar-refractivity contribution in [2.45, 2.75) is 36.9 Å². The summed E-state index contributed by atoms with van der Waals surface area (Å²) >= 11 is 0. The van der Waals surface area contributed by atoms with Crippen molar-refractivity contribution in [3.63, 3.8) is 0 Å². The summed E-state index contributed by atoms with van der Waals surface area (Å²) in [6, 6.07) is 0. The van der Waals surface area contributed by atoms with Crippen LogP contribution in [-0.4, -0.2) is 48.0 Å². The highest BCUT2D eigenvalue weighted by Gasteiger charge is 2.74. The Bertz CT molecular complexity index is 497. The van der Waals surface area contributed by atoms with Gasteiger partial charge in [-0.05, 0) is 0 Å². The summed E-state index contributed by atoms with van der Waals surface area (Å²) in [6.07, 6.45) is -41.1. The van der Waals surface area contributed by atoms with Crippen LogP contribution in [0.2, 0.25) is 0 Å². The van der Waals surface area contributed by atoms with Crippen LogP contribution in [0.15, 0.2) is 0 Å². The molecule has 25 heavy (non-hydrogen) atoms. The highest BCUT2D eigenvalue weighted by molar-refractivity contribution is 5.73. The highest BCUT2D eigenvalue weighted by atomic mass is 19.4. The SMILES string of the molecule is O=C(O)C(F)(F)OC(F)(F)C(F)(F)OC(F)(F)C(F)(F)OC(F)(F)F. The molecule has 0 saturated heterocycles. The largest absolute Gasteiger partial charge is 0.527 e. The van der Waals surface area contributed by atoms with Crippen LogP contribution in [0.3, 0.4) is 0 Å². The zero-order chi connectivity index (χ0) is 20.7. The molecule has 0 bridgehead atoms. The van der Waals surface area contributed by atoms with Gasteiger partial charge in [0.05, 0.1) is 0 Å². The Labute approximate surface area is 125 Å². The van der Waals surface area contributed by atoms with E-state index in [0.29, 0.717) is 0 Å². The molecule has 0 rings (SSSR count). The van der Waals surface area contributed by atoms with Crippen molar-refractivity contribution >= 4 is 5.97 Å². The van der Waals surface area contributed by atoms with Crippen molar-refractivity contribution < 1.29 is 81.2 Å². The molecule has 5 nitrogen and oxygen atoms in total. The minimum absolute atomic E-state index is 1.42. The van der Waals surface area contributed by atoms with E-state index in [1.165, 1.54) is 9.47 Å². The molecule has 0 radical (unpaired) electrons. The first-order valence-electron chi connectivity index (χ1n) is 4.86. The van der Waals surface area contributed by atoms with E-state index < -0.39 is 42.9 Å². The van der Waals surface area contributed by atoms with Crippen molar-refractivity contribution in [1.82, 2.24) is 0 Å². The number of hydrogen-bond acceptors (Lipinski definition) is 4. The highest BCUT2D eigenvalue weighted by Crippen LogP contribution is 2.48. The summed E-state index contributed by atoms with van der Waals surface area (Å²) in [4.78, 5) is 9.72. The van der Waals surface area contributed by atoms with Gasteiger partial charge in [0.25, 0.3) is 0 Å². The van der Waals surface area contributed by atoms with Gasteiger partial charge in [-0.1, -0.05) is 0 Å². The van der Waals surface area contributed by atoms with E-state index in [2.05, 4.69) is 0 Å². The summed E-state index contributed by atoms with van der Waals surface area (Å²) in [5, 5.41) is 7.65. The summed E-state index contributed by atoms with van der Waals surface area (Å²) < 4.78 is 164. The van der Waals surface area contributed by atoms with Gasteiger partial charge < -0.3 is 5.11 Å². The van der Waals surface area contributed by atoms with Crippen LogP contribution in [-0.2, 0) is 19.0 Å². The molecule has 0 aromatic heterocycles. The molecule has 0 saturated carbocycles. The third-order valence-electron chi connectivity index (χ3n) is 1.68. The number of carboxylic acid groups (broad SMARTS) is 1. The van der Waals surface area contributed by atoms with Crippen LogP contribution in [0.25, 0.3) is 0 Å². The van der Waals surface area contributed by atoms with Crippen LogP contribution in [0.5, 0.6) is 0 Å². The Balaban J connectivity index is 5.55. The van der Waals surface area contributed by atoms with Gasteiger partial charge in [-0.3, -0.25) is 0 Å². The van der Waals surface area contributed by atoms with Crippen LogP contribution < -0.4 is 0 Å². The molecule has 0 aromatic carbocycles. The summed E-state index contributed by atoms with van der Waals surface area (Å²) in [7, 11) is 0. The first-order valence-corrected chi connectivity index (χ1v) is 4.86. The Morgan fingerprint density at radius 2 is 0.840 bits per heavy atom. The molecule has 1 N–H and O–H groups in total. The average Bonchev–Trinajstić information content (AvgIpc) is 2.21. The number of ether oxygens (including phenoxy) is 3. The van der Waals surface area contributed by atoms with Gasteiger partial charge >= 0.3 is 42.9 Å². The minimum Gasteiger partial charge on any atom is -0.475 e. The van der Waals surface area contributed by atoms with E-state index >= 15 is 0 Å². The van der Waals surface area contributed by atoms with E-state index in [1.807, 2.05) is 0 Å². The fourth-order valence-corrected chi connectivity index (χ4v) is 0.749. The van der Waals surface area contributed by atoms with Crippen molar-refractivity contribution in [2.75, 3.05) is 0 Å². The molecule has 0 atom stereocenters. The maximum absolute atomic E-state index is 12.7. The van der Waals surface area contributed by atoms with Crippen LogP contribution in [0.1, 0.15) is 0 Å². The molecule has 0 unspecified atom stereocenters. The van der Waals surface area contributed by atoms with Crippen LogP contribution >= 0.6 is 0 Å². The van der Waals surface area contributed by atoms with Gasteiger partial charge in [0.1, 0.15) is 0 Å². The van der Waals surface area contributed by atoms with Crippen LogP contribution in [0, 0.1) is 0 Å². The second kappa shape index (κ2) is 6.31. The monoisotopic (exact) mass is 412 g/mol. The standard InChI is InChI=1S/C7HF13O5/c8-2(9,1(21)22)23-3(10,11)4(12,13)24-5(14,15)6(16,17)25-7(18,19)20/h(H,21,22). The molecule has 0 amide bonds. The Kier molecular flexibility index (Phi) is 5.91. The zero-order valence-electron chi connectivity index (χ0n) is 10.5. The fraction of sp³-hybridized carbons (Fsp3) is 0.857. The zero-order valence-corrected chi connectivity index (χ0v) is 10.5. The smallest absolute Gasteiger partial charge is 0.475 e. The average molecular weight is 412 g/mol. The third-order valence-corrected chi connectivity index (χ3v) is 1.68. The lowest BCUT2D eigenvalue weighted by atomic mass is 10.5. The lowest BCUT2D eigenvalue weighted by molar-refractivity contribution is -0.562. The predicted octanol–water partition coefficient (Wildman–Crippen LogP) is 3.60. The summed E-state index contributed by atoms with van der Waals surface area (Å²) in [6.45, 7) is 0. The maximum atomic E-state index is 12.7. The van der Waals surface area contributed by atoms with E-state index in [9.17, 15) is 61.9 Å². The van der Waals surface area contributed by atoms with Gasteiger partial charge in [-0.2, -0.15) is 43.9 Å². The topological polar surface area (TPSA) is 65.0 Å². The Morgan fingerprint density at radius 3 is 1.12 bits per heavy atom. The summed E-state index contributed by atoms with van der Waals surface area (Å²) in [5.41, 5.74) is 0. The number of hydrogen-bond donors (Lipinski definition) is 1. The number of rotatable bonds is 8. The first kappa shape index (κ1) is 23.4. The molecular weight excluding hydrogens is 411 g/mol. The summed E-state index contributed by atoms with van der Waals surface area (Å²) in [5.74, 6) is -3.64. The molecule has 0 aliphatic rings.